The quantitative estimate of drug-likeness (QED) is 0.398. The summed E-state index contributed by atoms with van der Waals surface area (Å²) in [6.45, 7) is 4.89. The number of rotatable bonds is 9. The molecule has 3 rings (SSSR count). The van der Waals surface area contributed by atoms with E-state index in [0.29, 0.717) is 18.4 Å². The summed E-state index contributed by atoms with van der Waals surface area (Å²) >= 11 is 0. The minimum absolute atomic E-state index is 0.0159. The van der Waals surface area contributed by atoms with Gasteiger partial charge in [0.1, 0.15) is 17.3 Å². The molecule has 0 aromatic heterocycles. The summed E-state index contributed by atoms with van der Waals surface area (Å²) in [5.74, 6) is -0.188. The van der Waals surface area contributed by atoms with Gasteiger partial charge in [-0.15, -0.1) is 0 Å². The summed E-state index contributed by atoms with van der Waals surface area (Å²) in [6, 6.07) is 20.5. The molecule has 0 spiro atoms. The summed E-state index contributed by atoms with van der Waals surface area (Å²) in [5, 5.41) is 31.0. The van der Waals surface area contributed by atoms with Gasteiger partial charge in [-0.2, -0.15) is 0 Å². The molecule has 5 heteroatoms. The first-order valence-corrected chi connectivity index (χ1v) is 10.7. The van der Waals surface area contributed by atoms with Gasteiger partial charge in [-0.25, -0.2) is 4.39 Å². The topological polar surface area (TPSA) is 63.9 Å². The number of phenolic OH excluding ortho intramolecular Hbond substituents is 2. The Labute approximate surface area is 183 Å². The Balaban J connectivity index is 1.87. The van der Waals surface area contributed by atoms with Crippen molar-refractivity contribution >= 4 is 5.69 Å². The van der Waals surface area contributed by atoms with Crippen molar-refractivity contribution in [2.45, 2.75) is 38.8 Å². The van der Waals surface area contributed by atoms with Gasteiger partial charge in [0.25, 0.3) is 0 Å². The Hall–Kier alpha value is -3.05. The highest BCUT2D eigenvalue weighted by Crippen LogP contribution is 2.40. The molecular weight excluding hydrogens is 393 g/mol. The molecule has 3 aromatic rings. The lowest BCUT2D eigenvalue weighted by Gasteiger charge is -2.38. The summed E-state index contributed by atoms with van der Waals surface area (Å²) in [7, 11) is 0. The van der Waals surface area contributed by atoms with Gasteiger partial charge in [-0.05, 0) is 67.6 Å². The van der Waals surface area contributed by atoms with E-state index in [1.165, 1.54) is 18.2 Å². The Bertz CT molecular complexity index is 962. The third-order valence-corrected chi connectivity index (χ3v) is 5.79. The molecule has 0 aliphatic carbocycles. The molecule has 164 valence electrons. The van der Waals surface area contributed by atoms with Crippen molar-refractivity contribution in [3.8, 4) is 11.5 Å². The highest BCUT2D eigenvalue weighted by molar-refractivity contribution is 5.52. The molecule has 3 unspecified atom stereocenters. The van der Waals surface area contributed by atoms with Gasteiger partial charge in [0.05, 0.1) is 12.1 Å². The van der Waals surface area contributed by atoms with Crippen LogP contribution in [0.5, 0.6) is 11.5 Å². The zero-order valence-electron chi connectivity index (χ0n) is 17.9. The second-order valence-electron chi connectivity index (χ2n) is 7.93. The number of para-hydroxylation sites is 1. The second-order valence-corrected chi connectivity index (χ2v) is 7.93. The van der Waals surface area contributed by atoms with E-state index >= 15 is 0 Å². The van der Waals surface area contributed by atoms with E-state index in [4.69, 9.17) is 0 Å². The standard InChI is InChI=1S/C26H30FNO3/c1-3-28(21-7-5-4-6-8-21)26(23-15-14-22(29)17-25(23)31)18(2)9-16-24(30)19-10-12-20(27)13-11-19/h4-8,10-15,17-18,24,26,29-31H,3,9,16H2,1-2H3. The molecule has 3 atom stereocenters. The Morgan fingerprint density at radius 2 is 1.58 bits per heavy atom. The smallest absolute Gasteiger partial charge is 0.124 e. The first kappa shape index (κ1) is 22.6. The zero-order valence-corrected chi connectivity index (χ0v) is 17.9. The van der Waals surface area contributed by atoms with Crippen molar-refractivity contribution in [3.05, 3.63) is 89.7 Å². The lowest BCUT2D eigenvalue weighted by molar-refractivity contribution is 0.155. The predicted octanol–water partition coefficient (Wildman–Crippen LogP) is 5.95. The van der Waals surface area contributed by atoms with Gasteiger partial charge in [0.15, 0.2) is 0 Å². The van der Waals surface area contributed by atoms with Crippen molar-refractivity contribution < 1.29 is 19.7 Å². The van der Waals surface area contributed by atoms with Crippen molar-refractivity contribution in [2.75, 3.05) is 11.4 Å². The molecule has 0 bridgehead atoms. The van der Waals surface area contributed by atoms with Gasteiger partial charge >= 0.3 is 0 Å². The molecule has 3 aromatic carbocycles. The van der Waals surface area contributed by atoms with Crippen LogP contribution in [0.4, 0.5) is 10.1 Å². The van der Waals surface area contributed by atoms with Crippen LogP contribution in [0, 0.1) is 11.7 Å². The highest BCUT2D eigenvalue weighted by Gasteiger charge is 2.28. The summed E-state index contributed by atoms with van der Waals surface area (Å²) in [4.78, 5) is 2.22. The lowest BCUT2D eigenvalue weighted by atomic mass is 9.87. The van der Waals surface area contributed by atoms with Crippen LogP contribution in [0.25, 0.3) is 0 Å². The molecule has 0 saturated carbocycles. The Morgan fingerprint density at radius 3 is 2.19 bits per heavy atom. The molecule has 4 nitrogen and oxygen atoms in total. The number of anilines is 1. The van der Waals surface area contributed by atoms with Gasteiger partial charge in [0, 0.05) is 23.9 Å². The average Bonchev–Trinajstić information content (AvgIpc) is 2.77. The van der Waals surface area contributed by atoms with E-state index in [2.05, 4.69) is 18.7 Å². The number of benzene rings is 3. The fraction of sp³-hybridized carbons (Fsp3) is 0.308. The fourth-order valence-corrected chi connectivity index (χ4v) is 4.15. The molecule has 0 amide bonds. The summed E-state index contributed by atoms with van der Waals surface area (Å²) < 4.78 is 13.2. The normalized spacial score (nSPS) is 14.1. The highest BCUT2D eigenvalue weighted by atomic mass is 19.1. The largest absolute Gasteiger partial charge is 0.508 e. The van der Waals surface area contributed by atoms with Gasteiger partial charge in [-0.3, -0.25) is 0 Å². The number of aliphatic hydroxyl groups is 1. The first-order valence-electron chi connectivity index (χ1n) is 10.7. The minimum atomic E-state index is -0.691. The van der Waals surface area contributed by atoms with E-state index in [1.54, 1.807) is 24.3 Å². The maximum Gasteiger partial charge on any atom is 0.124 e. The molecule has 0 fully saturated rings. The van der Waals surface area contributed by atoms with Crippen LogP contribution >= 0.6 is 0 Å². The van der Waals surface area contributed by atoms with Crippen molar-refractivity contribution in [1.29, 1.82) is 0 Å². The number of phenols is 2. The number of aliphatic hydroxyl groups excluding tert-OH is 1. The fourth-order valence-electron chi connectivity index (χ4n) is 4.15. The van der Waals surface area contributed by atoms with Gasteiger partial charge in [0.2, 0.25) is 0 Å². The SMILES string of the molecule is CCN(c1ccccc1)C(c1ccc(O)cc1O)C(C)CCC(O)c1ccc(F)cc1. The minimum Gasteiger partial charge on any atom is -0.508 e. The van der Waals surface area contributed by atoms with E-state index < -0.39 is 6.10 Å². The van der Waals surface area contributed by atoms with Crippen LogP contribution < -0.4 is 4.90 Å². The Morgan fingerprint density at radius 1 is 0.903 bits per heavy atom. The molecule has 0 saturated heterocycles. The molecular formula is C26H30FNO3. The number of hydrogen-bond donors (Lipinski definition) is 3. The number of hydrogen-bond acceptors (Lipinski definition) is 4. The average molecular weight is 424 g/mol. The number of aromatic hydroxyl groups is 2. The molecule has 31 heavy (non-hydrogen) atoms. The van der Waals surface area contributed by atoms with E-state index in [0.717, 1.165) is 17.8 Å². The summed E-state index contributed by atoms with van der Waals surface area (Å²) in [5.41, 5.74) is 2.45. The van der Waals surface area contributed by atoms with Crippen LogP contribution in [0.3, 0.4) is 0 Å². The van der Waals surface area contributed by atoms with Crippen LogP contribution in [0.2, 0.25) is 0 Å². The summed E-state index contributed by atoms with van der Waals surface area (Å²) in [6.07, 6.45) is 0.505. The third kappa shape index (κ3) is 5.56. The maximum atomic E-state index is 13.2. The lowest BCUT2D eigenvalue weighted by Crippen LogP contribution is -2.33. The predicted molar refractivity (Wildman–Crippen MR) is 122 cm³/mol. The van der Waals surface area contributed by atoms with Crippen molar-refractivity contribution in [1.82, 2.24) is 0 Å². The van der Waals surface area contributed by atoms with Crippen molar-refractivity contribution in [3.63, 3.8) is 0 Å². The van der Waals surface area contributed by atoms with Gasteiger partial charge in [-0.1, -0.05) is 37.3 Å². The molecule has 3 N–H and O–H groups in total. The van der Waals surface area contributed by atoms with Gasteiger partial charge < -0.3 is 20.2 Å². The Kier molecular flexibility index (Phi) is 7.53. The monoisotopic (exact) mass is 423 g/mol. The van der Waals surface area contributed by atoms with Crippen LogP contribution in [0.1, 0.15) is 50.0 Å². The van der Waals surface area contributed by atoms with E-state index in [9.17, 15) is 19.7 Å². The molecule has 0 radical (unpaired) electrons. The van der Waals surface area contributed by atoms with Crippen LogP contribution in [0.15, 0.2) is 72.8 Å². The number of nitrogens with zero attached hydrogens (tertiary/aromatic N) is 1. The first-order chi connectivity index (χ1) is 14.9. The maximum absolute atomic E-state index is 13.2. The van der Waals surface area contributed by atoms with E-state index in [-0.39, 0.29) is 29.3 Å². The van der Waals surface area contributed by atoms with Crippen LogP contribution in [-0.2, 0) is 0 Å². The molecule has 0 heterocycles. The van der Waals surface area contributed by atoms with E-state index in [1.807, 2.05) is 30.3 Å². The van der Waals surface area contributed by atoms with Crippen LogP contribution in [-0.4, -0.2) is 21.9 Å². The molecule has 0 aliphatic heterocycles. The zero-order chi connectivity index (χ0) is 22.4. The number of halogens is 1. The molecule has 0 aliphatic rings. The van der Waals surface area contributed by atoms with Crippen molar-refractivity contribution in [2.24, 2.45) is 5.92 Å². The third-order valence-electron chi connectivity index (χ3n) is 5.79. The second kappa shape index (κ2) is 10.3.